The van der Waals surface area contributed by atoms with Crippen molar-refractivity contribution < 1.29 is 23.8 Å². The number of pyridine rings is 1. The summed E-state index contributed by atoms with van der Waals surface area (Å²) < 4.78 is 21.1. The average molecular weight is 545 g/mol. The van der Waals surface area contributed by atoms with Crippen LogP contribution in [0.15, 0.2) is 35.3 Å². The fourth-order valence-electron chi connectivity index (χ4n) is 5.09. The highest BCUT2D eigenvalue weighted by Crippen LogP contribution is 2.38. The number of carbonyl (C=O) groups excluding carboxylic acids is 1. The Morgan fingerprint density at radius 1 is 1.24 bits per heavy atom. The molecular weight excluding hydrogens is 515 g/mol. The number of aromatic amines is 1. The largest absolute Gasteiger partial charge is 0.492 e. The summed E-state index contributed by atoms with van der Waals surface area (Å²) in [6.07, 6.45) is 1.30. The van der Waals surface area contributed by atoms with Crippen LogP contribution < -0.4 is 20.4 Å². The van der Waals surface area contributed by atoms with Crippen molar-refractivity contribution in [3.05, 3.63) is 68.2 Å². The van der Waals surface area contributed by atoms with Gasteiger partial charge in [0.05, 0.1) is 24.6 Å². The van der Waals surface area contributed by atoms with Gasteiger partial charge in [-0.25, -0.2) is 4.39 Å². The first-order chi connectivity index (χ1) is 18.0. The molecule has 1 amide bonds. The van der Waals surface area contributed by atoms with E-state index in [-0.39, 0.29) is 53.1 Å². The monoisotopic (exact) mass is 544 g/mol. The molecule has 4 rings (SSSR count). The Bertz CT molecular complexity index is 1450. The summed E-state index contributed by atoms with van der Waals surface area (Å²) in [5, 5.41) is 12.5. The van der Waals surface area contributed by atoms with E-state index in [4.69, 9.17) is 16.3 Å². The van der Waals surface area contributed by atoms with Crippen molar-refractivity contribution in [3.8, 4) is 5.75 Å². The minimum atomic E-state index is -0.924. The second-order valence-electron chi connectivity index (χ2n) is 9.62. The highest BCUT2D eigenvalue weighted by Gasteiger charge is 2.34. The molecule has 2 heterocycles. The van der Waals surface area contributed by atoms with Crippen molar-refractivity contribution in [1.29, 1.82) is 0 Å². The zero-order chi connectivity index (χ0) is 27.7. The topological polar surface area (TPSA) is 115 Å². The second kappa shape index (κ2) is 11.0. The normalized spacial score (nSPS) is 18.0. The lowest BCUT2D eigenvalue weighted by atomic mass is 10.0. The van der Waals surface area contributed by atoms with Crippen molar-refractivity contribution >= 4 is 40.1 Å². The van der Waals surface area contributed by atoms with Crippen molar-refractivity contribution in [1.82, 2.24) is 15.2 Å². The molecule has 1 fully saturated rings. The van der Waals surface area contributed by atoms with E-state index in [9.17, 15) is 19.5 Å². The Morgan fingerprint density at radius 2 is 1.92 bits per heavy atom. The molecule has 2 unspecified atom stereocenters. The number of benzene rings is 2. The number of aryl methyl sites for hydroxylation is 1. The number of methoxy groups -OCH3 is 1. The molecule has 2 aromatic carbocycles. The predicted octanol–water partition coefficient (Wildman–Crippen LogP) is 3.55. The summed E-state index contributed by atoms with van der Waals surface area (Å²) in [6.45, 7) is 6.46. The number of hydrogen-bond acceptors (Lipinski definition) is 6. The molecule has 9 nitrogen and oxygen atoms in total. The molecule has 3 aromatic rings. The second-order valence-corrected chi connectivity index (χ2v) is 10.1. The van der Waals surface area contributed by atoms with E-state index in [1.807, 2.05) is 25.7 Å². The van der Waals surface area contributed by atoms with Gasteiger partial charge in [0.1, 0.15) is 11.3 Å². The molecule has 3 N–H and O–H groups in total. The van der Waals surface area contributed by atoms with Crippen LogP contribution in [-0.2, 0) is 11.3 Å². The number of anilines is 1. The summed E-state index contributed by atoms with van der Waals surface area (Å²) in [5.41, 5.74) is 1.43. The van der Waals surface area contributed by atoms with Gasteiger partial charge >= 0.3 is 5.97 Å². The zero-order valence-corrected chi connectivity index (χ0v) is 22.4. The van der Waals surface area contributed by atoms with Crippen molar-refractivity contribution in [2.75, 3.05) is 31.6 Å². The SMILES string of the molecule is COc1c(N2CC(C)N(CC(=O)O)C(C)C2)c(F)cc2c(=O)c(C(=O)NCc3ccc(Cl)cc3C)c[nH]c12. The smallest absolute Gasteiger partial charge is 0.317 e. The van der Waals surface area contributed by atoms with E-state index in [0.717, 1.165) is 17.2 Å². The molecule has 0 spiro atoms. The van der Waals surface area contributed by atoms with Crippen LogP contribution in [0.2, 0.25) is 5.02 Å². The maximum atomic E-state index is 15.6. The molecule has 1 aromatic heterocycles. The molecule has 11 heteroatoms. The summed E-state index contributed by atoms with van der Waals surface area (Å²) in [5.74, 6) is -2.04. The van der Waals surface area contributed by atoms with E-state index < -0.39 is 23.1 Å². The number of hydrogen-bond donors (Lipinski definition) is 3. The highest BCUT2D eigenvalue weighted by atomic mass is 35.5. The van der Waals surface area contributed by atoms with Crippen LogP contribution in [0.25, 0.3) is 10.9 Å². The van der Waals surface area contributed by atoms with Gasteiger partial charge in [0.25, 0.3) is 5.91 Å². The average Bonchev–Trinajstić information content (AvgIpc) is 2.85. The number of ether oxygens (including phenoxy) is 1. The molecule has 2 atom stereocenters. The first-order valence-corrected chi connectivity index (χ1v) is 12.6. The number of nitrogens with one attached hydrogen (secondary N) is 2. The van der Waals surface area contributed by atoms with Crippen LogP contribution in [0, 0.1) is 12.7 Å². The van der Waals surface area contributed by atoms with Crippen LogP contribution in [0.3, 0.4) is 0 Å². The quantitative estimate of drug-likeness (QED) is 0.416. The maximum Gasteiger partial charge on any atom is 0.317 e. The van der Waals surface area contributed by atoms with Crippen LogP contribution in [0.1, 0.15) is 35.3 Å². The number of amides is 1. The number of carboxylic acids is 1. The Morgan fingerprint density at radius 3 is 2.53 bits per heavy atom. The molecule has 1 saturated heterocycles. The van der Waals surface area contributed by atoms with Gasteiger partial charge in [-0.05, 0) is 50.1 Å². The lowest BCUT2D eigenvalue weighted by Crippen LogP contribution is -2.58. The number of piperazine rings is 1. The molecule has 1 aliphatic heterocycles. The van der Waals surface area contributed by atoms with E-state index >= 15 is 4.39 Å². The number of rotatable bonds is 7. The molecule has 0 aliphatic carbocycles. The minimum absolute atomic E-state index is 0.0102. The van der Waals surface area contributed by atoms with Gasteiger partial charge in [-0.2, -0.15) is 0 Å². The molecule has 202 valence electrons. The number of nitrogens with zero attached hydrogens (tertiary/aromatic N) is 2. The summed E-state index contributed by atoms with van der Waals surface area (Å²) >= 11 is 5.99. The third kappa shape index (κ3) is 5.32. The number of fused-ring (bicyclic) bond motifs is 1. The number of carboxylic acid groups (broad SMARTS) is 1. The predicted molar refractivity (Wildman–Crippen MR) is 144 cm³/mol. The van der Waals surface area contributed by atoms with E-state index in [1.54, 1.807) is 23.1 Å². The third-order valence-corrected chi connectivity index (χ3v) is 7.22. The van der Waals surface area contributed by atoms with Gasteiger partial charge in [0, 0.05) is 42.9 Å². The van der Waals surface area contributed by atoms with Crippen LogP contribution in [0.4, 0.5) is 10.1 Å². The first-order valence-electron chi connectivity index (χ1n) is 12.2. The first kappa shape index (κ1) is 27.4. The molecular formula is C27H30ClFN4O5. The minimum Gasteiger partial charge on any atom is -0.492 e. The third-order valence-electron chi connectivity index (χ3n) is 6.99. The van der Waals surface area contributed by atoms with Crippen LogP contribution >= 0.6 is 11.6 Å². The summed E-state index contributed by atoms with van der Waals surface area (Å²) in [6, 6.07) is 6.09. The maximum absolute atomic E-state index is 15.6. The van der Waals surface area contributed by atoms with Gasteiger partial charge in [-0.1, -0.05) is 17.7 Å². The number of halogens is 2. The van der Waals surface area contributed by atoms with Crippen molar-refractivity contribution in [2.24, 2.45) is 0 Å². The zero-order valence-electron chi connectivity index (χ0n) is 21.6. The number of H-pyrrole nitrogens is 1. The Labute approximate surface area is 224 Å². The number of aromatic nitrogens is 1. The van der Waals surface area contributed by atoms with E-state index in [2.05, 4.69) is 10.3 Å². The lowest BCUT2D eigenvalue weighted by molar-refractivity contribution is -0.139. The van der Waals surface area contributed by atoms with Gasteiger partial charge in [0.15, 0.2) is 11.6 Å². The molecule has 0 saturated carbocycles. The van der Waals surface area contributed by atoms with Crippen molar-refractivity contribution in [2.45, 2.75) is 39.4 Å². The van der Waals surface area contributed by atoms with E-state index in [0.29, 0.717) is 18.1 Å². The van der Waals surface area contributed by atoms with Gasteiger partial charge < -0.3 is 25.0 Å². The number of carbonyl (C=O) groups is 2. The fraction of sp³-hybridized carbons (Fsp3) is 0.370. The van der Waals surface area contributed by atoms with Crippen molar-refractivity contribution in [3.63, 3.8) is 0 Å². The van der Waals surface area contributed by atoms with Gasteiger partial charge in [0.2, 0.25) is 5.43 Å². The molecule has 0 radical (unpaired) electrons. The van der Waals surface area contributed by atoms with Gasteiger partial charge in [-0.3, -0.25) is 19.3 Å². The van der Waals surface area contributed by atoms with Gasteiger partial charge in [-0.15, -0.1) is 0 Å². The molecule has 1 aliphatic rings. The highest BCUT2D eigenvalue weighted by molar-refractivity contribution is 6.30. The number of aliphatic carboxylic acids is 1. The van der Waals surface area contributed by atoms with Crippen LogP contribution in [-0.4, -0.2) is 65.7 Å². The Balaban J connectivity index is 1.65. The van der Waals surface area contributed by atoms with Crippen LogP contribution in [0.5, 0.6) is 5.75 Å². The Hall–Kier alpha value is -3.63. The van der Waals surface area contributed by atoms with E-state index in [1.165, 1.54) is 13.3 Å². The Kier molecular flexibility index (Phi) is 7.94. The standard InChI is InChI=1S/C27H30ClFN4O5/c1-14-7-18(28)6-5-17(14)9-31-27(37)20-10-30-23-19(25(20)36)8-21(29)24(26(23)38-4)32-11-15(2)33(13-22(34)35)16(3)12-32/h5-8,10,15-16H,9,11-13H2,1-4H3,(H,30,36)(H,31,37)(H,34,35). The summed E-state index contributed by atoms with van der Waals surface area (Å²) in [4.78, 5) is 44.0. The molecule has 0 bridgehead atoms. The summed E-state index contributed by atoms with van der Waals surface area (Å²) in [7, 11) is 1.39. The fourth-order valence-corrected chi connectivity index (χ4v) is 5.32. The lowest BCUT2D eigenvalue weighted by Gasteiger charge is -2.45. The molecule has 38 heavy (non-hydrogen) atoms.